The van der Waals surface area contributed by atoms with E-state index >= 15 is 0 Å². The van der Waals surface area contributed by atoms with E-state index in [-0.39, 0.29) is 18.6 Å². The molecular weight excluding hydrogens is 264 g/mol. The van der Waals surface area contributed by atoms with E-state index in [4.69, 9.17) is 5.11 Å². The summed E-state index contributed by atoms with van der Waals surface area (Å²) < 4.78 is 1.69. The standard InChI is InChI=1S/C12H16N4O2S/c1-8(3-4-17)15-11(18)10-6-13-12(19-10)9-5-14-16(2)7-9/h5-8,17H,3-4H2,1-2H3,(H,15,18). The Balaban J connectivity index is 2.06. The third-order valence-corrected chi connectivity index (χ3v) is 3.67. The van der Waals surface area contributed by atoms with Gasteiger partial charge in [0.25, 0.3) is 5.91 Å². The number of thiazole rings is 1. The molecule has 1 amide bonds. The summed E-state index contributed by atoms with van der Waals surface area (Å²) in [6.07, 6.45) is 5.68. The second-order valence-electron chi connectivity index (χ2n) is 4.32. The SMILES string of the molecule is CC(CCO)NC(=O)c1cnc(-c2cnn(C)c2)s1. The van der Waals surface area contributed by atoms with Gasteiger partial charge in [0.2, 0.25) is 0 Å². The van der Waals surface area contributed by atoms with Crippen LogP contribution in [0.3, 0.4) is 0 Å². The molecule has 0 saturated heterocycles. The molecule has 2 N–H and O–H groups in total. The van der Waals surface area contributed by atoms with Crippen molar-refractivity contribution in [1.82, 2.24) is 20.1 Å². The molecule has 0 radical (unpaired) electrons. The molecule has 0 spiro atoms. The second kappa shape index (κ2) is 5.94. The van der Waals surface area contributed by atoms with Gasteiger partial charge in [-0.2, -0.15) is 5.10 Å². The lowest BCUT2D eigenvalue weighted by molar-refractivity contribution is 0.0938. The van der Waals surface area contributed by atoms with Crippen LogP contribution in [0.5, 0.6) is 0 Å². The lowest BCUT2D eigenvalue weighted by Crippen LogP contribution is -2.32. The van der Waals surface area contributed by atoms with Crippen LogP contribution in [0.15, 0.2) is 18.6 Å². The molecule has 0 aliphatic rings. The number of carbonyl (C=O) groups excluding carboxylic acids is 1. The molecule has 2 aromatic rings. The van der Waals surface area contributed by atoms with Crippen LogP contribution in [-0.4, -0.2) is 38.4 Å². The molecule has 2 heterocycles. The summed E-state index contributed by atoms with van der Waals surface area (Å²) in [5, 5.41) is 16.5. The Morgan fingerprint density at radius 2 is 2.37 bits per heavy atom. The van der Waals surface area contributed by atoms with Gasteiger partial charge in [-0.15, -0.1) is 11.3 Å². The number of aromatic nitrogens is 3. The van der Waals surface area contributed by atoms with Crippen LogP contribution < -0.4 is 5.32 Å². The van der Waals surface area contributed by atoms with Crippen molar-refractivity contribution in [2.75, 3.05) is 6.61 Å². The Morgan fingerprint density at radius 3 is 3.00 bits per heavy atom. The number of rotatable bonds is 5. The Bertz CT molecular complexity index is 564. The van der Waals surface area contributed by atoms with E-state index in [9.17, 15) is 4.79 Å². The maximum absolute atomic E-state index is 11.9. The molecule has 0 saturated carbocycles. The third-order valence-electron chi connectivity index (χ3n) is 2.62. The summed E-state index contributed by atoms with van der Waals surface area (Å²) in [5.74, 6) is -0.159. The van der Waals surface area contributed by atoms with Crippen molar-refractivity contribution in [2.45, 2.75) is 19.4 Å². The fourth-order valence-corrected chi connectivity index (χ4v) is 2.40. The number of aliphatic hydroxyl groups is 1. The molecule has 19 heavy (non-hydrogen) atoms. The Labute approximate surface area is 115 Å². The topological polar surface area (TPSA) is 80.0 Å². The first-order valence-electron chi connectivity index (χ1n) is 5.96. The van der Waals surface area contributed by atoms with Gasteiger partial charge in [0, 0.05) is 31.5 Å². The first-order valence-corrected chi connectivity index (χ1v) is 6.78. The lowest BCUT2D eigenvalue weighted by atomic mass is 10.2. The number of amides is 1. The van der Waals surface area contributed by atoms with E-state index in [0.29, 0.717) is 11.3 Å². The van der Waals surface area contributed by atoms with Crippen molar-refractivity contribution >= 4 is 17.2 Å². The highest BCUT2D eigenvalue weighted by molar-refractivity contribution is 7.16. The van der Waals surface area contributed by atoms with E-state index in [1.54, 1.807) is 17.1 Å². The van der Waals surface area contributed by atoms with Crippen LogP contribution in [0.1, 0.15) is 23.0 Å². The van der Waals surface area contributed by atoms with E-state index < -0.39 is 0 Å². The third kappa shape index (κ3) is 3.39. The normalized spacial score (nSPS) is 12.4. The highest BCUT2D eigenvalue weighted by Gasteiger charge is 2.14. The molecule has 7 heteroatoms. The molecule has 102 valence electrons. The largest absolute Gasteiger partial charge is 0.396 e. The molecule has 0 aliphatic carbocycles. The van der Waals surface area contributed by atoms with Gasteiger partial charge in [0.05, 0.1) is 12.4 Å². The monoisotopic (exact) mass is 280 g/mol. The summed E-state index contributed by atoms with van der Waals surface area (Å²) >= 11 is 1.33. The number of aliphatic hydroxyl groups excluding tert-OH is 1. The summed E-state index contributed by atoms with van der Waals surface area (Å²) in [6, 6.07) is -0.0542. The number of carbonyl (C=O) groups is 1. The molecule has 0 fully saturated rings. The molecule has 2 rings (SSSR count). The number of hydrogen-bond acceptors (Lipinski definition) is 5. The molecule has 6 nitrogen and oxygen atoms in total. The van der Waals surface area contributed by atoms with Crippen molar-refractivity contribution in [1.29, 1.82) is 0 Å². The fourth-order valence-electron chi connectivity index (χ4n) is 1.60. The first-order chi connectivity index (χ1) is 9.10. The summed E-state index contributed by atoms with van der Waals surface area (Å²) in [7, 11) is 1.83. The molecule has 0 aliphatic heterocycles. The van der Waals surface area contributed by atoms with Crippen molar-refractivity contribution < 1.29 is 9.90 Å². The number of aryl methyl sites for hydroxylation is 1. The Morgan fingerprint density at radius 1 is 1.58 bits per heavy atom. The maximum Gasteiger partial charge on any atom is 0.263 e. The number of nitrogens with zero attached hydrogens (tertiary/aromatic N) is 3. The van der Waals surface area contributed by atoms with E-state index in [2.05, 4.69) is 15.4 Å². The van der Waals surface area contributed by atoms with Crippen molar-refractivity contribution in [3.63, 3.8) is 0 Å². The highest BCUT2D eigenvalue weighted by atomic mass is 32.1. The van der Waals surface area contributed by atoms with Gasteiger partial charge < -0.3 is 10.4 Å². The first kappa shape index (κ1) is 13.7. The van der Waals surface area contributed by atoms with Crippen molar-refractivity contribution in [3.05, 3.63) is 23.5 Å². The smallest absolute Gasteiger partial charge is 0.263 e. The minimum atomic E-state index is -0.159. The highest BCUT2D eigenvalue weighted by Crippen LogP contribution is 2.24. The Kier molecular flexibility index (Phi) is 4.28. The van der Waals surface area contributed by atoms with Crippen LogP contribution in [-0.2, 0) is 7.05 Å². The zero-order valence-electron chi connectivity index (χ0n) is 10.8. The molecule has 0 bridgehead atoms. The lowest BCUT2D eigenvalue weighted by Gasteiger charge is -2.10. The van der Waals surface area contributed by atoms with Crippen molar-refractivity contribution in [3.8, 4) is 10.6 Å². The molecular formula is C12H16N4O2S. The van der Waals surface area contributed by atoms with Gasteiger partial charge >= 0.3 is 0 Å². The summed E-state index contributed by atoms with van der Waals surface area (Å²) in [6.45, 7) is 1.92. The quantitative estimate of drug-likeness (QED) is 0.857. The van der Waals surface area contributed by atoms with Crippen LogP contribution in [0.4, 0.5) is 0 Å². The van der Waals surface area contributed by atoms with E-state index in [1.807, 2.05) is 20.2 Å². The molecule has 2 aromatic heterocycles. The average molecular weight is 280 g/mol. The minimum Gasteiger partial charge on any atom is -0.396 e. The zero-order chi connectivity index (χ0) is 13.8. The van der Waals surface area contributed by atoms with E-state index in [1.165, 1.54) is 11.3 Å². The summed E-state index contributed by atoms with van der Waals surface area (Å²) in [5.41, 5.74) is 0.898. The molecule has 0 aromatic carbocycles. The van der Waals surface area contributed by atoms with Gasteiger partial charge in [-0.1, -0.05) is 0 Å². The van der Waals surface area contributed by atoms with Crippen LogP contribution >= 0.6 is 11.3 Å². The van der Waals surface area contributed by atoms with Crippen LogP contribution in [0.25, 0.3) is 10.6 Å². The minimum absolute atomic E-state index is 0.0542. The van der Waals surface area contributed by atoms with Crippen molar-refractivity contribution in [2.24, 2.45) is 7.05 Å². The zero-order valence-corrected chi connectivity index (χ0v) is 11.6. The van der Waals surface area contributed by atoms with Gasteiger partial charge in [0.1, 0.15) is 9.88 Å². The average Bonchev–Trinajstić information content (AvgIpc) is 2.97. The van der Waals surface area contributed by atoms with Gasteiger partial charge in [-0.3, -0.25) is 9.48 Å². The maximum atomic E-state index is 11.9. The molecule has 1 atom stereocenters. The van der Waals surface area contributed by atoms with Gasteiger partial charge in [-0.25, -0.2) is 4.98 Å². The summed E-state index contributed by atoms with van der Waals surface area (Å²) in [4.78, 5) is 16.7. The predicted octanol–water partition coefficient (Wildman–Crippen LogP) is 1.04. The predicted molar refractivity (Wildman–Crippen MR) is 72.9 cm³/mol. The number of hydrogen-bond donors (Lipinski definition) is 2. The number of nitrogens with one attached hydrogen (secondary N) is 1. The second-order valence-corrected chi connectivity index (χ2v) is 5.35. The van der Waals surface area contributed by atoms with E-state index in [0.717, 1.165) is 10.6 Å². The van der Waals surface area contributed by atoms with Crippen LogP contribution in [0, 0.1) is 0 Å². The van der Waals surface area contributed by atoms with Gasteiger partial charge in [0.15, 0.2) is 0 Å². The Hall–Kier alpha value is -1.73. The van der Waals surface area contributed by atoms with Crippen LogP contribution in [0.2, 0.25) is 0 Å². The van der Waals surface area contributed by atoms with Gasteiger partial charge in [-0.05, 0) is 13.3 Å². The fraction of sp³-hybridized carbons (Fsp3) is 0.417. The molecule has 1 unspecified atom stereocenters.